The third-order valence-electron chi connectivity index (χ3n) is 11.9. The summed E-state index contributed by atoms with van der Waals surface area (Å²) in [6, 6.07) is 6.79. The van der Waals surface area contributed by atoms with Crippen LogP contribution < -0.4 is 14.4 Å². The van der Waals surface area contributed by atoms with Crippen molar-refractivity contribution in [3.8, 4) is 35.5 Å². The average Bonchev–Trinajstić information content (AvgIpc) is 3.77. The molecule has 2 bridgehead atoms. The number of aromatic nitrogens is 3. The number of piperazine rings is 1. The van der Waals surface area contributed by atoms with Crippen molar-refractivity contribution in [1.82, 2.24) is 24.8 Å². The summed E-state index contributed by atoms with van der Waals surface area (Å²) in [4.78, 5) is 33.8. The molecule has 0 spiro atoms. The number of hydrogen-bond donors (Lipinski definition) is 0. The molecule has 5 atom stereocenters. The molecule has 0 radical (unpaired) electrons. The van der Waals surface area contributed by atoms with Gasteiger partial charge in [0.1, 0.15) is 46.5 Å². The first-order valence-corrected chi connectivity index (χ1v) is 18.7. The molecular formula is C41H40F4N6O4. The summed E-state index contributed by atoms with van der Waals surface area (Å²) in [6.45, 7) is 8.54. The lowest BCUT2D eigenvalue weighted by Gasteiger charge is -2.48. The molecule has 55 heavy (non-hydrogen) atoms. The molecule has 10 nitrogen and oxygen atoms in total. The molecule has 0 N–H and O–H groups in total. The second-order valence-electron chi connectivity index (χ2n) is 16.3. The fourth-order valence-corrected chi connectivity index (χ4v) is 9.62. The van der Waals surface area contributed by atoms with Gasteiger partial charge in [-0.15, -0.1) is 6.42 Å². The van der Waals surface area contributed by atoms with E-state index in [1.807, 2.05) is 37.5 Å². The Morgan fingerprint density at radius 1 is 1.11 bits per heavy atom. The van der Waals surface area contributed by atoms with Crippen molar-refractivity contribution < 1.29 is 36.6 Å². The Kier molecular flexibility index (Phi) is 8.20. The third-order valence-corrected chi connectivity index (χ3v) is 11.9. The first kappa shape index (κ1) is 35.5. The number of anilines is 1. The Labute approximate surface area is 315 Å². The minimum atomic E-state index is -1.67. The second kappa shape index (κ2) is 12.7. The maximum absolute atomic E-state index is 17.4. The largest absolute Gasteiger partial charge is 0.472 e. The number of ether oxygens (including phenoxy) is 3. The van der Waals surface area contributed by atoms with Crippen LogP contribution in [0, 0.1) is 24.0 Å². The van der Waals surface area contributed by atoms with Crippen LogP contribution in [-0.2, 0) is 4.74 Å². The molecule has 0 aliphatic carbocycles. The topological polar surface area (TPSA) is 93.2 Å². The van der Waals surface area contributed by atoms with Gasteiger partial charge < -0.3 is 19.1 Å². The van der Waals surface area contributed by atoms with Crippen molar-refractivity contribution in [2.45, 2.75) is 95.2 Å². The minimum absolute atomic E-state index is 0.0171. The van der Waals surface area contributed by atoms with Gasteiger partial charge in [-0.1, -0.05) is 30.2 Å². The number of amides is 1. The van der Waals surface area contributed by atoms with E-state index in [0.717, 1.165) is 6.42 Å². The van der Waals surface area contributed by atoms with Crippen molar-refractivity contribution in [3.63, 3.8) is 0 Å². The van der Waals surface area contributed by atoms with Crippen molar-refractivity contribution in [2.24, 2.45) is 0 Å². The van der Waals surface area contributed by atoms with E-state index in [2.05, 4.69) is 10.9 Å². The number of rotatable bonds is 4. The minimum Gasteiger partial charge on any atom is -0.472 e. The maximum Gasteiger partial charge on any atom is 0.410 e. The van der Waals surface area contributed by atoms with Crippen LogP contribution in [0.5, 0.6) is 11.9 Å². The van der Waals surface area contributed by atoms with Gasteiger partial charge in [0.05, 0.1) is 29.2 Å². The fraction of sp³-hybridized carbons (Fsp3) is 0.463. The summed E-state index contributed by atoms with van der Waals surface area (Å²) < 4.78 is 78.9. The van der Waals surface area contributed by atoms with Crippen LogP contribution in [0.2, 0.25) is 0 Å². The van der Waals surface area contributed by atoms with Gasteiger partial charge in [-0.2, -0.15) is 18.7 Å². The van der Waals surface area contributed by atoms with E-state index in [0.29, 0.717) is 48.9 Å². The van der Waals surface area contributed by atoms with Gasteiger partial charge in [0.2, 0.25) is 5.88 Å². The van der Waals surface area contributed by atoms with E-state index >= 15 is 8.78 Å². The molecule has 5 aliphatic rings. The molecule has 2 aromatic heterocycles. The molecule has 1 unspecified atom stereocenters. The Morgan fingerprint density at radius 3 is 2.69 bits per heavy atom. The summed E-state index contributed by atoms with van der Waals surface area (Å²) in [6.07, 6.45) is 6.14. The van der Waals surface area contributed by atoms with Crippen molar-refractivity contribution in [3.05, 3.63) is 59.2 Å². The van der Waals surface area contributed by atoms with Crippen LogP contribution >= 0.6 is 0 Å². The predicted molar refractivity (Wildman–Crippen MR) is 197 cm³/mol. The lowest BCUT2D eigenvalue weighted by Crippen LogP contribution is -2.65. The number of nitrogens with zero attached hydrogens (tertiary/aromatic N) is 6. The van der Waals surface area contributed by atoms with Crippen molar-refractivity contribution in [2.75, 3.05) is 31.1 Å². The first-order valence-electron chi connectivity index (χ1n) is 18.7. The van der Waals surface area contributed by atoms with Crippen LogP contribution in [0.1, 0.15) is 65.4 Å². The number of benzene rings is 2. The van der Waals surface area contributed by atoms with Crippen LogP contribution in [-0.4, -0.2) is 92.5 Å². The highest BCUT2D eigenvalue weighted by atomic mass is 19.3. The summed E-state index contributed by atoms with van der Waals surface area (Å²) in [5.41, 5.74) is -1.36. The number of carbonyl (C=O) groups is 1. The number of terminal acetylenes is 1. The van der Waals surface area contributed by atoms with Gasteiger partial charge in [0.25, 0.3) is 6.08 Å². The van der Waals surface area contributed by atoms with Crippen LogP contribution in [0.3, 0.4) is 0 Å². The van der Waals surface area contributed by atoms with E-state index in [9.17, 15) is 13.6 Å². The Hall–Kier alpha value is -5.16. The van der Waals surface area contributed by atoms with Gasteiger partial charge in [-0.3, -0.25) is 9.80 Å². The van der Waals surface area contributed by atoms with Gasteiger partial charge in [-0.25, -0.2) is 18.6 Å². The normalized spacial score (nSPS) is 25.8. The molecule has 2 aromatic carbocycles. The van der Waals surface area contributed by atoms with E-state index in [1.54, 1.807) is 29.2 Å². The van der Waals surface area contributed by atoms with E-state index in [-0.39, 0.29) is 76.8 Å². The summed E-state index contributed by atoms with van der Waals surface area (Å²) >= 11 is 0. The molecule has 9 rings (SSSR count). The van der Waals surface area contributed by atoms with Crippen LogP contribution in [0.25, 0.3) is 32.9 Å². The standard InChI is InChI=1S/C41H40F4N6O4/c1-6-25-27(42)13-11-22-9-7-10-26(29(22)25)32-31(43)33-30-36(48-38(47-33)53-20-41-15-8-16-49(41)18-23(17-41)35(44)45)50-19-24-12-14-28(34(50)21(2)54-37(30)46-32)51(24)39(52)55-40(3,4)5/h1,7,9-11,13,21,24,28,34H,8,12,14-20H2,2-5H3/t21-,24+,28-,34+,41?/m0/s1. The number of carbonyl (C=O) groups excluding carboxylic acids is 1. The number of hydrogen-bond acceptors (Lipinski definition) is 9. The van der Waals surface area contributed by atoms with Crippen LogP contribution in [0.15, 0.2) is 42.0 Å². The maximum atomic E-state index is 17.4. The quantitative estimate of drug-likeness (QED) is 0.154. The van der Waals surface area contributed by atoms with Gasteiger partial charge in [-0.05, 0) is 77.8 Å². The summed E-state index contributed by atoms with van der Waals surface area (Å²) in [5, 5.41) is 1.12. The van der Waals surface area contributed by atoms with Gasteiger partial charge in [0, 0.05) is 29.6 Å². The average molecular weight is 757 g/mol. The molecule has 5 aliphatic heterocycles. The molecule has 4 aromatic rings. The zero-order chi connectivity index (χ0) is 38.6. The zero-order valence-electron chi connectivity index (χ0n) is 31.0. The SMILES string of the molecule is C#Cc1c(F)ccc2cccc(-c3nc4c5c(nc(OCC67CCCN6CC(=C(F)F)C7)nc5c3F)N3C[C@H]5CC[C@@H]([C@H]3[C@H](C)O4)N5C(=O)OC(C)(C)C)c12. The highest BCUT2D eigenvalue weighted by Crippen LogP contribution is 2.48. The molecule has 0 saturated carbocycles. The third kappa shape index (κ3) is 5.64. The van der Waals surface area contributed by atoms with E-state index in [1.165, 1.54) is 6.07 Å². The van der Waals surface area contributed by atoms with Crippen molar-refractivity contribution in [1.29, 1.82) is 0 Å². The lowest BCUT2D eigenvalue weighted by molar-refractivity contribution is 0.000935. The van der Waals surface area contributed by atoms with E-state index in [4.69, 9.17) is 30.6 Å². The summed E-state index contributed by atoms with van der Waals surface area (Å²) in [5.74, 6) is 1.37. The Bertz CT molecular complexity index is 2360. The zero-order valence-corrected chi connectivity index (χ0v) is 31.0. The molecular weight excluding hydrogens is 716 g/mol. The molecule has 4 fully saturated rings. The fourth-order valence-electron chi connectivity index (χ4n) is 9.62. The van der Waals surface area contributed by atoms with Crippen LogP contribution in [0.4, 0.5) is 28.2 Å². The van der Waals surface area contributed by atoms with Gasteiger partial charge >= 0.3 is 12.1 Å². The van der Waals surface area contributed by atoms with E-state index < -0.39 is 47.1 Å². The monoisotopic (exact) mass is 756 g/mol. The number of halogens is 4. The van der Waals surface area contributed by atoms with Crippen molar-refractivity contribution >= 4 is 33.6 Å². The highest BCUT2D eigenvalue weighted by molar-refractivity contribution is 6.03. The van der Waals surface area contributed by atoms with Gasteiger partial charge in [0.15, 0.2) is 5.82 Å². The summed E-state index contributed by atoms with van der Waals surface area (Å²) in [7, 11) is 0. The predicted octanol–water partition coefficient (Wildman–Crippen LogP) is 7.61. The molecule has 286 valence electrons. The lowest BCUT2D eigenvalue weighted by atomic mass is 9.94. The highest BCUT2D eigenvalue weighted by Gasteiger charge is 2.54. The smallest absolute Gasteiger partial charge is 0.410 e. The Balaban J connectivity index is 1.21. The number of pyridine rings is 1. The molecule has 7 heterocycles. The molecule has 14 heteroatoms. The Morgan fingerprint density at radius 2 is 1.93 bits per heavy atom. The second-order valence-corrected chi connectivity index (χ2v) is 16.3. The molecule has 4 saturated heterocycles. The first-order chi connectivity index (χ1) is 26.3. The number of fused-ring (bicyclic) bond motifs is 7. The molecule has 1 amide bonds.